The lowest BCUT2D eigenvalue weighted by atomic mass is 10.0. The second kappa shape index (κ2) is 5.88. The maximum absolute atomic E-state index is 11.4. The van der Waals surface area contributed by atoms with E-state index in [1.165, 1.54) is 6.20 Å². The first kappa shape index (κ1) is 14.3. The maximum atomic E-state index is 11.4. The summed E-state index contributed by atoms with van der Waals surface area (Å²) in [5.41, 5.74) is 1.43. The molecule has 0 radical (unpaired) electrons. The number of aromatic nitrogens is 1. The van der Waals surface area contributed by atoms with Gasteiger partial charge in [-0.3, -0.25) is 4.98 Å². The molecule has 0 amide bonds. The van der Waals surface area contributed by atoms with E-state index in [0.717, 1.165) is 10.9 Å². The van der Waals surface area contributed by atoms with Crippen LogP contribution in [0.1, 0.15) is 24.2 Å². The third-order valence-corrected chi connectivity index (χ3v) is 3.52. The predicted molar refractivity (Wildman–Crippen MR) is 78.0 cm³/mol. The molecule has 2 aromatic rings. The zero-order valence-corrected chi connectivity index (χ0v) is 11.5. The minimum Gasteiger partial charge on any atom is -0.478 e. The lowest BCUT2D eigenvalue weighted by molar-refractivity contribution is 0.0697. The molecule has 2 rings (SSSR count). The van der Waals surface area contributed by atoms with Gasteiger partial charge in [0.1, 0.15) is 5.56 Å². The molecule has 106 valence electrons. The van der Waals surface area contributed by atoms with Crippen LogP contribution < -0.4 is 5.32 Å². The van der Waals surface area contributed by atoms with Gasteiger partial charge in [0, 0.05) is 24.2 Å². The Morgan fingerprint density at radius 3 is 2.70 bits per heavy atom. The average Bonchev–Trinajstić information content (AvgIpc) is 2.46. The second-order valence-corrected chi connectivity index (χ2v) is 4.96. The number of hydrogen-bond donors (Lipinski definition) is 3. The normalized spacial score (nSPS) is 13.9. The van der Waals surface area contributed by atoms with Gasteiger partial charge >= 0.3 is 5.97 Å². The predicted octanol–water partition coefficient (Wildman–Crippen LogP) is 2.36. The third kappa shape index (κ3) is 2.72. The fraction of sp³-hybridized carbons (Fsp3) is 0.333. The van der Waals surface area contributed by atoms with E-state index in [1.54, 1.807) is 0 Å². The number of fused-ring (bicyclic) bond motifs is 1. The molecule has 0 fully saturated rings. The van der Waals surface area contributed by atoms with Crippen molar-refractivity contribution in [2.45, 2.75) is 19.9 Å². The summed E-state index contributed by atoms with van der Waals surface area (Å²) in [6, 6.07) is 7.34. The SMILES string of the molecule is CC(CO)C(C)Nc1c(C(=O)O)cnc2ccccc12. The minimum absolute atomic E-state index is 0.0172. The van der Waals surface area contributed by atoms with Gasteiger partial charge in [-0.1, -0.05) is 25.1 Å². The van der Waals surface area contributed by atoms with Crippen LogP contribution in [0.5, 0.6) is 0 Å². The van der Waals surface area contributed by atoms with E-state index in [0.29, 0.717) is 5.69 Å². The number of hydrogen-bond acceptors (Lipinski definition) is 4. The Labute approximate surface area is 117 Å². The summed E-state index contributed by atoms with van der Waals surface area (Å²) in [5.74, 6) is -1.00. The number of aliphatic hydroxyl groups excluding tert-OH is 1. The number of carboxylic acids is 1. The molecular formula is C15H18N2O3. The van der Waals surface area contributed by atoms with E-state index in [9.17, 15) is 15.0 Å². The standard InChI is InChI=1S/C15H18N2O3/c1-9(8-18)10(2)17-14-11-5-3-4-6-13(11)16-7-12(14)15(19)20/h3-7,9-10,18H,8H2,1-2H3,(H,16,17)(H,19,20). The van der Waals surface area contributed by atoms with Crippen LogP contribution in [0, 0.1) is 5.92 Å². The van der Waals surface area contributed by atoms with Crippen LogP contribution in [0.4, 0.5) is 5.69 Å². The number of anilines is 1. The van der Waals surface area contributed by atoms with Crippen molar-refractivity contribution < 1.29 is 15.0 Å². The number of para-hydroxylation sites is 1. The summed E-state index contributed by atoms with van der Waals surface area (Å²) >= 11 is 0. The fourth-order valence-corrected chi connectivity index (χ4v) is 1.99. The number of carboxylic acid groups (broad SMARTS) is 1. The maximum Gasteiger partial charge on any atom is 0.339 e. The Kier molecular flexibility index (Phi) is 4.20. The number of carbonyl (C=O) groups is 1. The first-order valence-corrected chi connectivity index (χ1v) is 6.53. The third-order valence-electron chi connectivity index (χ3n) is 3.52. The number of rotatable bonds is 5. The first-order valence-electron chi connectivity index (χ1n) is 6.53. The van der Waals surface area contributed by atoms with E-state index in [2.05, 4.69) is 10.3 Å². The van der Waals surface area contributed by atoms with Crippen molar-refractivity contribution in [3.63, 3.8) is 0 Å². The molecule has 5 nitrogen and oxygen atoms in total. The van der Waals surface area contributed by atoms with Crippen LogP contribution in [0.25, 0.3) is 10.9 Å². The van der Waals surface area contributed by atoms with Crippen molar-refractivity contribution in [1.82, 2.24) is 4.98 Å². The summed E-state index contributed by atoms with van der Waals surface area (Å²) in [5, 5.41) is 22.5. The number of aliphatic hydroxyl groups is 1. The molecule has 20 heavy (non-hydrogen) atoms. The summed E-state index contributed by atoms with van der Waals surface area (Å²) in [6.07, 6.45) is 1.36. The molecule has 0 aliphatic carbocycles. The summed E-state index contributed by atoms with van der Waals surface area (Å²) in [7, 11) is 0. The van der Waals surface area contributed by atoms with E-state index >= 15 is 0 Å². The van der Waals surface area contributed by atoms with Gasteiger partial charge in [-0.2, -0.15) is 0 Å². The van der Waals surface area contributed by atoms with Crippen molar-refractivity contribution >= 4 is 22.6 Å². The highest BCUT2D eigenvalue weighted by atomic mass is 16.4. The highest BCUT2D eigenvalue weighted by molar-refractivity contribution is 6.04. The molecular weight excluding hydrogens is 256 g/mol. The Balaban J connectivity index is 2.52. The van der Waals surface area contributed by atoms with Gasteiger partial charge in [0.15, 0.2) is 0 Å². The topological polar surface area (TPSA) is 82.5 Å². The van der Waals surface area contributed by atoms with Gasteiger partial charge < -0.3 is 15.5 Å². The molecule has 2 unspecified atom stereocenters. The zero-order valence-electron chi connectivity index (χ0n) is 11.5. The van der Waals surface area contributed by atoms with Crippen LogP contribution in [0.3, 0.4) is 0 Å². The molecule has 0 saturated carbocycles. The van der Waals surface area contributed by atoms with E-state index < -0.39 is 5.97 Å². The summed E-state index contributed by atoms with van der Waals surface area (Å²) in [6.45, 7) is 3.86. The molecule has 2 atom stereocenters. The summed E-state index contributed by atoms with van der Waals surface area (Å²) in [4.78, 5) is 15.5. The van der Waals surface area contributed by atoms with Gasteiger partial charge in [0.25, 0.3) is 0 Å². The van der Waals surface area contributed by atoms with Gasteiger partial charge in [-0.15, -0.1) is 0 Å². The van der Waals surface area contributed by atoms with Crippen molar-refractivity contribution in [3.8, 4) is 0 Å². The Hall–Kier alpha value is -2.14. The zero-order chi connectivity index (χ0) is 14.7. The lowest BCUT2D eigenvalue weighted by Gasteiger charge is -2.22. The van der Waals surface area contributed by atoms with E-state index in [4.69, 9.17) is 0 Å². The molecule has 5 heteroatoms. The average molecular weight is 274 g/mol. The van der Waals surface area contributed by atoms with Gasteiger partial charge in [-0.05, 0) is 18.9 Å². The van der Waals surface area contributed by atoms with Crippen molar-refractivity contribution in [1.29, 1.82) is 0 Å². The number of nitrogens with one attached hydrogen (secondary N) is 1. The van der Waals surface area contributed by atoms with Gasteiger partial charge in [0.2, 0.25) is 0 Å². The number of nitrogens with zero attached hydrogens (tertiary/aromatic N) is 1. The van der Waals surface area contributed by atoms with Crippen LogP contribution in [-0.4, -0.2) is 33.8 Å². The molecule has 0 aliphatic heterocycles. The molecule has 1 aromatic carbocycles. The van der Waals surface area contributed by atoms with Crippen molar-refractivity contribution in [2.24, 2.45) is 5.92 Å². The van der Waals surface area contributed by atoms with E-state index in [-0.39, 0.29) is 24.1 Å². The fourth-order valence-electron chi connectivity index (χ4n) is 1.99. The Morgan fingerprint density at radius 1 is 1.35 bits per heavy atom. The number of aromatic carboxylic acids is 1. The molecule has 0 saturated heterocycles. The molecule has 0 spiro atoms. The second-order valence-electron chi connectivity index (χ2n) is 4.96. The van der Waals surface area contributed by atoms with Crippen LogP contribution in [0.2, 0.25) is 0 Å². The lowest BCUT2D eigenvalue weighted by Crippen LogP contribution is -2.27. The smallest absolute Gasteiger partial charge is 0.339 e. The highest BCUT2D eigenvalue weighted by Crippen LogP contribution is 2.27. The van der Waals surface area contributed by atoms with Crippen molar-refractivity contribution in [3.05, 3.63) is 36.0 Å². The Morgan fingerprint density at radius 2 is 2.05 bits per heavy atom. The minimum atomic E-state index is -1.02. The van der Waals surface area contributed by atoms with Crippen LogP contribution in [-0.2, 0) is 0 Å². The molecule has 0 bridgehead atoms. The van der Waals surface area contributed by atoms with Crippen molar-refractivity contribution in [2.75, 3.05) is 11.9 Å². The summed E-state index contributed by atoms with van der Waals surface area (Å²) < 4.78 is 0. The largest absolute Gasteiger partial charge is 0.478 e. The van der Waals surface area contributed by atoms with E-state index in [1.807, 2.05) is 38.1 Å². The molecule has 3 N–H and O–H groups in total. The monoisotopic (exact) mass is 274 g/mol. The first-order chi connectivity index (χ1) is 9.54. The quantitative estimate of drug-likeness (QED) is 0.779. The van der Waals surface area contributed by atoms with Crippen LogP contribution in [0.15, 0.2) is 30.5 Å². The van der Waals surface area contributed by atoms with Crippen LogP contribution >= 0.6 is 0 Å². The highest BCUT2D eigenvalue weighted by Gasteiger charge is 2.18. The number of benzene rings is 1. The Bertz CT molecular complexity index is 628. The van der Waals surface area contributed by atoms with Gasteiger partial charge in [0.05, 0.1) is 11.2 Å². The molecule has 1 aromatic heterocycles. The molecule has 1 heterocycles. The van der Waals surface area contributed by atoms with Gasteiger partial charge in [-0.25, -0.2) is 4.79 Å². The molecule has 0 aliphatic rings. The number of pyridine rings is 1.